The molecule has 1 aromatic heterocycles. The van der Waals surface area contributed by atoms with E-state index >= 15 is 0 Å². The number of hydrogen-bond acceptors (Lipinski definition) is 5. The summed E-state index contributed by atoms with van der Waals surface area (Å²) in [6.45, 7) is 3.73. The molecule has 0 amide bonds. The molecule has 0 aliphatic carbocycles. The van der Waals surface area contributed by atoms with Crippen LogP contribution in [0.15, 0.2) is 42.6 Å². The minimum absolute atomic E-state index is 0.714. The first kappa shape index (κ1) is 13.5. The van der Waals surface area contributed by atoms with Crippen molar-refractivity contribution in [2.24, 2.45) is 0 Å². The van der Waals surface area contributed by atoms with Crippen LogP contribution in [0.1, 0.15) is 0 Å². The molecule has 0 saturated carbocycles. The molecule has 21 heavy (non-hydrogen) atoms. The Labute approximate surface area is 125 Å². The van der Waals surface area contributed by atoms with Gasteiger partial charge < -0.3 is 20.3 Å². The third-order valence-corrected chi connectivity index (χ3v) is 3.86. The smallest absolute Gasteiger partial charge is 0.143 e. The molecule has 0 spiro atoms. The van der Waals surface area contributed by atoms with Gasteiger partial charge in [0.05, 0.1) is 18.5 Å². The molecule has 0 radical (unpaired) electrons. The SMILES string of the molecule is COc1cccc(N2CCN(c3ccccn3)CC2)c1N. The number of nitrogen functional groups attached to an aromatic ring is 1. The van der Waals surface area contributed by atoms with Crippen molar-refractivity contribution in [2.45, 2.75) is 0 Å². The second kappa shape index (κ2) is 5.91. The maximum atomic E-state index is 6.18. The zero-order valence-electron chi connectivity index (χ0n) is 12.2. The lowest BCUT2D eigenvalue weighted by molar-refractivity contribution is 0.417. The second-order valence-corrected chi connectivity index (χ2v) is 5.06. The monoisotopic (exact) mass is 284 g/mol. The number of anilines is 3. The van der Waals surface area contributed by atoms with Crippen molar-refractivity contribution in [3.8, 4) is 5.75 Å². The van der Waals surface area contributed by atoms with E-state index in [-0.39, 0.29) is 0 Å². The fraction of sp³-hybridized carbons (Fsp3) is 0.312. The van der Waals surface area contributed by atoms with E-state index in [0.717, 1.165) is 43.4 Å². The number of pyridine rings is 1. The molecule has 1 saturated heterocycles. The normalized spacial score (nSPS) is 15.1. The van der Waals surface area contributed by atoms with E-state index in [4.69, 9.17) is 10.5 Å². The Kier molecular flexibility index (Phi) is 3.81. The van der Waals surface area contributed by atoms with Gasteiger partial charge in [0.15, 0.2) is 0 Å². The number of nitrogens with zero attached hydrogens (tertiary/aromatic N) is 3. The zero-order valence-corrected chi connectivity index (χ0v) is 12.2. The topological polar surface area (TPSA) is 54.6 Å². The van der Waals surface area contributed by atoms with Gasteiger partial charge in [0.2, 0.25) is 0 Å². The Morgan fingerprint density at radius 1 is 1.00 bits per heavy atom. The predicted octanol–water partition coefficient (Wildman–Crippen LogP) is 2.00. The largest absolute Gasteiger partial charge is 0.495 e. The van der Waals surface area contributed by atoms with Gasteiger partial charge in [0, 0.05) is 32.4 Å². The molecular weight excluding hydrogens is 264 g/mol. The van der Waals surface area contributed by atoms with Gasteiger partial charge >= 0.3 is 0 Å². The number of aromatic nitrogens is 1. The summed E-state index contributed by atoms with van der Waals surface area (Å²) in [6.07, 6.45) is 1.84. The molecule has 1 aliphatic heterocycles. The summed E-state index contributed by atoms with van der Waals surface area (Å²) in [5, 5.41) is 0. The van der Waals surface area contributed by atoms with E-state index in [0.29, 0.717) is 5.69 Å². The molecular formula is C16H20N4O. The van der Waals surface area contributed by atoms with Crippen LogP contribution in [0.25, 0.3) is 0 Å². The van der Waals surface area contributed by atoms with Crippen LogP contribution in [0, 0.1) is 0 Å². The Morgan fingerprint density at radius 2 is 1.76 bits per heavy atom. The lowest BCUT2D eigenvalue weighted by Crippen LogP contribution is -2.47. The van der Waals surface area contributed by atoms with Gasteiger partial charge in [0.1, 0.15) is 11.6 Å². The minimum atomic E-state index is 0.714. The summed E-state index contributed by atoms with van der Waals surface area (Å²) in [5.41, 5.74) is 7.94. The number of hydrogen-bond donors (Lipinski definition) is 1. The van der Waals surface area contributed by atoms with Crippen LogP contribution < -0.4 is 20.3 Å². The quantitative estimate of drug-likeness (QED) is 0.874. The summed E-state index contributed by atoms with van der Waals surface area (Å²) in [5.74, 6) is 1.77. The third-order valence-electron chi connectivity index (χ3n) is 3.86. The maximum Gasteiger partial charge on any atom is 0.143 e. The van der Waals surface area contributed by atoms with Gasteiger partial charge in [-0.15, -0.1) is 0 Å². The van der Waals surface area contributed by atoms with Crippen LogP contribution in [-0.4, -0.2) is 38.3 Å². The van der Waals surface area contributed by atoms with Crippen molar-refractivity contribution in [2.75, 3.05) is 48.8 Å². The molecule has 5 heteroatoms. The van der Waals surface area contributed by atoms with E-state index in [1.54, 1.807) is 7.11 Å². The Balaban J connectivity index is 1.72. The van der Waals surface area contributed by atoms with Crippen molar-refractivity contribution in [3.63, 3.8) is 0 Å². The molecule has 0 unspecified atom stereocenters. The van der Waals surface area contributed by atoms with Crippen LogP contribution >= 0.6 is 0 Å². The highest BCUT2D eigenvalue weighted by Crippen LogP contribution is 2.32. The molecule has 2 aromatic rings. The highest BCUT2D eigenvalue weighted by Gasteiger charge is 2.20. The standard InChI is InChI=1S/C16H20N4O/c1-21-14-6-4-5-13(16(14)17)19-9-11-20(12-10-19)15-7-2-3-8-18-15/h2-8H,9-12,17H2,1H3. The second-order valence-electron chi connectivity index (χ2n) is 5.06. The van der Waals surface area contributed by atoms with Crippen LogP contribution in [0.5, 0.6) is 5.75 Å². The average Bonchev–Trinajstić information content (AvgIpc) is 2.56. The number of nitrogens with two attached hydrogens (primary N) is 1. The van der Waals surface area contributed by atoms with Crippen molar-refractivity contribution in [3.05, 3.63) is 42.6 Å². The number of ether oxygens (including phenoxy) is 1. The highest BCUT2D eigenvalue weighted by atomic mass is 16.5. The van der Waals surface area contributed by atoms with Crippen LogP contribution in [0.4, 0.5) is 17.2 Å². The molecule has 110 valence electrons. The molecule has 0 atom stereocenters. The number of benzene rings is 1. The van der Waals surface area contributed by atoms with Crippen LogP contribution in [0.2, 0.25) is 0 Å². The highest BCUT2D eigenvalue weighted by molar-refractivity contribution is 5.74. The van der Waals surface area contributed by atoms with E-state index in [9.17, 15) is 0 Å². The van der Waals surface area contributed by atoms with Gasteiger partial charge in [-0.1, -0.05) is 12.1 Å². The number of methoxy groups -OCH3 is 1. The lowest BCUT2D eigenvalue weighted by atomic mass is 10.2. The Morgan fingerprint density at radius 3 is 2.43 bits per heavy atom. The Hall–Kier alpha value is -2.43. The molecule has 5 nitrogen and oxygen atoms in total. The van der Waals surface area contributed by atoms with Crippen LogP contribution in [0.3, 0.4) is 0 Å². The van der Waals surface area contributed by atoms with Crippen molar-refractivity contribution in [1.29, 1.82) is 0 Å². The van der Waals surface area contributed by atoms with Crippen molar-refractivity contribution >= 4 is 17.2 Å². The van der Waals surface area contributed by atoms with Gasteiger partial charge in [-0.25, -0.2) is 4.98 Å². The summed E-state index contributed by atoms with van der Waals surface area (Å²) in [6, 6.07) is 11.9. The summed E-state index contributed by atoms with van der Waals surface area (Å²) < 4.78 is 5.29. The molecule has 2 heterocycles. The molecule has 1 aromatic carbocycles. The average molecular weight is 284 g/mol. The zero-order chi connectivity index (χ0) is 14.7. The van der Waals surface area contributed by atoms with E-state index in [2.05, 4.69) is 20.9 Å². The van der Waals surface area contributed by atoms with Gasteiger partial charge in [-0.2, -0.15) is 0 Å². The van der Waals surface area contributed by atoms with E-state index in [1.165, 1.54) is 0 Å². The van der Waals surface area contributed by atoms with E-state index < -0.39 is 0 Å². The number of piperazine rings is 1. The van der Waals surface area contributed by atoms with Crippen molar-refractivity contribution in [1.82, 2.24) is 4.98 Å². The van der Waals surface area contributed by atoms with Crippen LogP contribution in [-0.2, 0) is 0 Å². The van der Waals surface area contributed by atoms with Gasteiger partial charge in [0.25, 0.3) is 0 Å². The summed E-state index contributed by atoms with van der Waals surface area (Å²) >= 11 is 0. The lowest BCUT2D eigenvalue weighted by Gasteiger charge is -2.37. The first-order chi connectivity index (χ1) is 10.3. The summed E-state index contributed by atoms with van der Waals surface area (Å²) in [7, 11) is 1.65. The first-order valence-corrected chi connectivity index (χ1v) is 7.13. The molecule has 3 rings (SSSR count). The fourth-order valence-corrected chi connectivity index (χ4v) is 2.70. The van der Waals surface area contributed by atoms with Crippen molar-refractivity contribution < 1.29 is 4.74 Å². The van der Waals surface area contributed by atoms with Gasteiger partial charge in [-0.3, -0.25) is 0 Å². The predicted molar refractivity (Wildman–Crippen MR) is 86.1 cm³/mol. The number of para-hydroxylation sites is 1. The van der Waals surface area contributed by atoms with E-state index in [1.807, 2.05) is 36.5 Å². The molecule has 1 aliphatic rings. The molecule has 2 N–H and O–H groups in total. The molecule has 1 fully saturated rings. The summed E-state index contributed by atoms with van der Waals surface area (Å²) in [4.78, 5) is 9.01. The maximum absolute atomic E-state index is 6.18. The Bertz CT molecular complexity index is 594. The molecule has 0 bridgehead atoms. The minimum Gasteiger partial charge on any atom is -0.495 e. The number of rotatable bonds is 3. The third kappa shape index (κ3) is 2.72. The first-order valence-electron chi connectivity index (χ1n) is 7.13. The van der Waals surface area contributed by atoms with Gasteiger partial charge in [-0.05, 0) is 24.3 Å². The fourth-order valence-electron chi connectivity index (χ4n) is 2.70.